The zero-order valence-corrected chi connectivity index (χ0v) is 14.6. The van der Waals surface area contributed by atoms with Crippen LogP contribution in [0.3, 0.4) is 0 Å². The Balaban J connectivity index is 2.95. The van der Waals surface area contributed by atoms with Gasteiger partial charge in [0, 0.05) is 19.1 Å². The molecule has 0 radical (unpaired) electrons. The van der Waals surface area contributed by atoms with Crippen LogP contribution in [0.2, 0.25) is 0 Å². The van der Waals surface area contributed by atoms with E-state index in [1.54, 1.807) is 14.0 Å². The van der Waals surface area contributed by atoms with Crippen LogP contribution in [0.25, 0.3) is 0 Å². The van der Waals surface area contributed by atoms with Gasteiger partial charge in [-0.25, -0.2) is 0 Å². The van der Waals surface area contributed by atoms with Gasteiger partial charge in [0.15, 0.2) is 10.3 Å². The third-order valence-electron chi connectivity index (χ3n) is 2.91. The first-order valence-electron chi connectivity index (χ1n) is 6.17. The Bertz CT molecular complexity index is 377. The molecule has 1 unspecified atom stereocenters. The van der Waals surface area contributed by atoms with E-state index in [4.69, 9.17) is 12.2 Å². The summed E-state index contributed by atoms with van der Waals surface area (Å²) >= 11 is 6.72. The van der Waals surface area contributed by atoms with Crippen molar-refractivity contribution in [3.63, 3.8) is 0 Å². The van der Waals surface area contributed by atoms with Gasteiger partial charge in [-0.1, -0.05) is 11.8 Å². The zero-order chi connectivity index (χ0) is 15.0. The molecule has 0 aliphatic carbocycles. The molecular formula is C11H23N3O2S3. The predicted octanol–water partition coefficient (Wildman–Crippen LogP) is 3.44. The minimum absolute atomic E-state index is 0.256. The third kappa shape index (κ3) is 3.55. The molecule has 1 saturated heterocycles. The summed E-state index contributed by atoms with van der Waals surface area (Å²) in [6.07, 6.45) is 0. The van der Waals surface area contributed by atoms with Gasteiger partial charge >= 0.3 is 0 Å². The van der Waals surface area contributed by atoms with Crippen LogP contribution in [0, 0.1) is 0 Å². The van der Waals surface area contributed by atoms with E-state index in [0.29, 0.717) is 10.3 Å². The van der Waals surface area contributed by atoms with Crippen molar-refractivity contribution in [1.29, 1.82) is 0 Å². The fourth-order valence-corrected chi connectivity index (χ4v) is 5.39. The second kappa shape index (κ2) is 6.17. The maximum Gasteiger partial charge on any atom is 0.198 e. The molecule has 1 heterocycles. The molecule has 0 saturated carbocycles. The van der Waals surface area contributed by atoms with E-state index in [-0.39, 0.29) is 16.7 Å². The molecule has 1 rings (SSSR count). The summed E-state index contributed by atoms with van der Waals surface area (Å²) in [4.78, 5) is 6.44. The zero-order valence-electron chi connectivity index (χ0n) is 12.2. The van der Waals surface area contributed by atoms with E-state index in [1.165, 1.54) is 16.1 Å². The van der Waals surface area contributed by atoms with Crippen LogP contribution in [0.5, 0.6) is 0 Å². The topological polar surface area (TPSA) is 59.3 Å². The van der Waals surface area contributed by atoms with Crippen LogP contribution in [-0.4, -0.2) is 52.3 Å². The van der Waals surface area contributed by atoms with Gasteiger partial charge < -0.3 is 4.90 Å². The Morgan fingerprint density at radius 2 is 1.84 bits per heavy atom. The summed E-state index contributed by atoms with van der Waals surface area (Å²) < 4.78 is 21.1. The lowest BCUT2D eigenvalue weighted by atomic mass is 10.2. The average molecular weight is 326 g/mol. The quantitative estimate of drug-likeness (QED) is 0.759. The number of rotatable bonds is 2. The van der Waals surface area contributed by atoms with Gasteiger partial charge in [0.2, 0.25) is 0 Å². The SMILES string of the molecule is CC(C)N(C(=S)/N=C1/SC(C)S(O)(O)N1C)C(C)C. The number of amidine groups is 1. The molecule has 0 aromatic carbocycles. The van der Waals surface area contributed by atoms with E-state index in [1.807, 2.05) is 4.90 Å². The molecule has 0 bridgehead atoms. The first-order chi connectivity index (χ1) is 8.59. The molecule has 1 atom stereocenters. The molecule has 8 heteroatoms. The first kappa shape index (κ1) is 17.0. The molecule has 0 aromatic rings. The van der Waals surface area contributed by atoms with Crippen molar-refractivity contribution < 1.29 is 9.11 Å². The van der Waals surface area contributed by atoms with Crippen LogP contribution in [0.4, 0.5) is 0 Å². The van der Waals surface area contributed by atoms with Crippen molar-refractivity contribution in [3.8, 4) is 0 Å². The average Bonchev–Trinajstić information content (AvgIpc) is 2.41. The fraction of sp³-hybridized carbons (Fsp3) is 0.818. The minimum Gasteiger partial charge on any atom is -0.343 e. The molecule has 112 valence electrons. The second-order valence-electron chi connectivity index (χ2n) is 5.02. The summed E-state index contributed by atoms with van der Waals surface area (Å²) in [5.74, 6) is 0. The van der Waals surface area contributed by atoms with Crippen molar-refractivity contribution in [3.05, 3.63) is 0 Å². The summed E-state index contributed by atoms with van der Waals surface area (Å²) in [5.41, 5.74) is 0. The van der Waals surface area contributed by atoms with Crippen LogP contribution < -0.4 is 0 Å². The number of hydrogen-bond donors (Lipinski definition) is 2. The highest BCUT2D eigenvalue weighted by Gasteiger charge is 2.39. The van der Waals surface area contributed by atoms with Crippen molar-refractivity contribution >= 4 is 45.0 Å². The molecule has 5 nitrogen and oxygen atoms in total. The first-order valence-corrected chi connectivity index (χ1v) is 9.03. The van der Waals surface area contributed by atoms with E-state index in [0.717, 1.165) is 0 Å². The Hall–Kier alpha value is -0.0200. The van der Waals surface area contributed by atoms with E-state index in [2.05, 4.69) is 32.7 Å². The van der Waals surface area contributed by atoms with Crippen molar-refractivity contribution in [1.82, 2.24) is 9.21 Å². The van der Waals surface area contributed by atoms with Gasteiger partial charge in [-0.05, 0) is 46.8 Å². The van der Waals surface area contributed by atoms with Gasteiger partial charge in [0.25, 0.3) is 0 Å². The molecule has 1 fully saturated rings. The molecule has 19 heavy (non-hydrogen) atoms. The van der Waals surface area contributed by atoms with Gasteiger partial charge in [-0.2, -0.15) is 4.99 Å². The summed E-state index contributed by atoms with van der Waals surface area (Å²) in [7, 11) is -1.14. The lowest BCUT2D eigenvalue weighted by Crippen LogP contribution is -2.41. The smallest absolute Gasteiger partial charge is 0.198 e. The molecule has 0 aromatic heterocycles. The van der Waals surface area contributed by atoms with E-state index < -0.39 is 10.8 Å². The van der Waals surface area contributed by atoms with Crippen molar-refractivity contribution in [2.24, 2.45) is 4.99 Å². The Kier molecular flexibility index (Phi) is 5.53. The molecule has 0 amide bonds. The third-order valence-corrected chi connectivity index (χ3v) is 7.17. The van der Waals surface area contributed by atoms with Crippen LogP contribution in [-0.2, 0) is 0 Å². The largest absolute Gasteiger partial charge is 0.343 e. The van der Waals surface area contributed by atoms with Gasteiger partial charge in [-0.15, -0.1) is 10.8 Å². The van der Waals surface area contributed by atoms with Gasteiger partial charge in [0.1, 0.15) is 4.58 Å². The standard InChI is InChI=1S/C11H23N3O2S3/c1-7(2)14(8(3)4)10(17)12-11-13(6)19(15,16)9(5)18-11/h7-9,15-16H,1-6H3/b12-11+. The lowest BCUT2D eigenvalue weighted by Gasteiger charge is -2.37. The molecular weight excluding hydrogens is 302 g/mol. The summed E-state index contributed by atoms with van der Waals surface area (Å²) in [5, 5.41) is 1.06. The predicted molar refractivity (Wildman–Crippen MR) is 89.8 cm³/mol. The number of hydrogen-bond acceptors (Lipinski definition) is 4. The fourth-order valence-electron chi connectivity index (χ4n) is 1.90. The highest BCUT2D eigenvalue weighted by atomic mass is 32.3. The Labute approximate surface area is 126 Å². The van der Waals surface area contributed by atoms with E-state index >= 15 is 0 Å². The lowest BCUT2D eigenvalue weighted by molar-refractivity contribution is 0.294. The highest BCUT2D eigenvalue weighted by Crippen LogP contribution is 2.58. The number of nitrogens with zero attached hydrogens (tertiary/aromatic N) is 3. The van der Waals surface area contributed by atoms with Crippen LogP contribution in [0.15, 0.2) is 4.99 Å². The molecule has 0 spiro atoms. The summed E-state index contributed by atoms with van der Waals surface area (Å²) in [6.45, 7) is 10.0. The van der Waals surface area contributed by atoms with E-state index in [9.17, 15) is 9.11 Å². The molecule has 2 N–H and O–H groups in total. The Morgan fingerprint density at radius 3 is 2.16 bits per heavy atom. The van der Waals surface area contributed by atoms with Gasteiger partial charge in [-0.3, -0.25) is 13.4 Å². The number of thiocarbonyl (C=S) groups is 1. The van der Waals surface area contributed by atoms with Crippen LogP contribution >= 0.6 is 34.8 Å². The molecule has 1 aliphatic heterocycles. The Morgan fingerprint density at radius 1 is 1.37 bits per heavy atom. The van der Waals surface area contributed by atoms with Gasteiger partial charge in [0.05, 0.1) is 0 Å². The second-order valence-corrected chi connectivity index (χ2v) is 9.36. The van der Waals surface area contributed by atoms with Crippen molar-refractivity contribution in [2.45, 2.75) is 51.3 Å². The normalized spacial score (nSPS) is 26.3. The molecule has 1 aliphatic rings. The maximum absolute atomic E-state index is 9.98. The number of aliphatic imine (C=N–C) groups is 1. The van der Waals surface area contributed by atoms with Crippen molar-refractivity contribution in [2.75, 3.05) is 7.05 Å². The minimum atomic E-state index is -2.78. The monoisotopic (exact) mass is 325 g/mol. The summed E-state index contributed by atoms with van der Waals surface area (Å²) in [6, 6.07) is 0.512. The van der Waals surface area contributed by atoms with Crippen LogP contribution in [0.1, 0.15) is 34.6 Å². The highest BCUT2D eigenvalue weighted by molar-refractivity contribution is 8.39. The maximum atomic E-state index is 9.98. The number of thioether (sulfide) groups is 1.